The van der Waals surface area contributed by atoms with Crippen LogP contribution in [0.25, 0.3) is 0 Å². The van der Waals surface area contributed by atoms with Gasteiger partial charge in [-0.25, -0.2) is 0 Å². The van der Waals surface area contributed by atoms with Gasteiger partial charge in [0.2, 0.25) is 5.91 Å². The van der Waals surface area contributed by atoms with Gasteiger partial charge in [-0.15, -0.1) is 0 Å². The highest BCUT2D eigenvalue weighted by Gasteiger charge is 2.22. The van der Waals surface area contributed by atoms with Crippen molar-refractivity contribution in [2.75, 3.05) is 13.1 Å². The summed E-state index contributed by atoms with van der Waals surface area (Å²) in [7, 11) is 0. The second kappa shape index (κ2) is 6.66. The minimum atomic E-state index is 0.166. The third kappa shape index (κ3) is 4.63. The van der Waals surface area contributed by atoms with Crippen LogP contribution in [0.5, 0.6) is 0 Å². The highest BCUT2D eigenvalue weighted by Crippen LogP contribution is 2.27. The zero-order valence-electron chi connectivity index (χ0n) is 11.8. The Morgan fingerprint density at radius 3 is 2.89 bits per heavy atom. The first kappa shape index (κ1) is 14.0. The molecule has 0 aromatic carbocycles. The third-order valence-corrected chi connectivity index (χ3v) is 3.43. The number of nitrogens with one attached hydrogen (secondary N) is 1. The molecule has 1 aromatic heterocycles. The van der Waals surface area contributed by atoms with Crippen molar-refractivity contribution in [3.05, 3.63) is 30.1 Å². The van der Waals surface area contributed by atoms with Crippen LogP contribution in [0, 0.1) is 5.92 Å². The van der Waals surface area contributed by atoms with E-state index in [1.54, 1.807) is 6.20 Å². The van der Waals surface area contributed by atoms with Crippen molar-refractivity contribution in [2.24, 2.45) is 5.92 Å². The van der Waals surface area contributed by atoms with Crippen molar-refractivity contribution < 1.29 is 4.79 Å². The number of rotatable bonds is 7. The van der Waals surface area contributed by atoms with E-state index in [2.05, 4.69) is 24.1 Å². The first-order valence-corrected chi connectivity index (χ1v) is 7.06. The number of amides is 1. The predicted octanol–water partition coefficient (Wildman–Crippen LogP) is 1.82. The molecule has 1 aliphatic carbocycles. The monoisotopic (exact) mass is 261 g/mol. The lowest BCUT2D eigenvalue weighted by Gasteiger charge is -2.27. The van der Waals surface area contributed by atoms with Crippen LogP contribution in [-0.2, 0) is 11.3 Å². The molecule has 1 fully saturated rings. The molecule has 4 heteroatoms. The van der Waals surface area contributed by atoms with Gasteiger partial charge in [0.05, 0.1) is 6.54 Å². The SMILES string of the molecule is CC(C)N(Cc1cccnc1)C(=O)CNCC1CC1. The fraction of sp³-hybridized carbons (Fsp3) is 0.600. The zero-order valence-corrected chi connectivity index (χ0v) is 11.8. The van der Waals surface area contributed by atoms with E-state index >= 15 is 0 Å². The number of aromatic nitrogens is 1. The average Bonchev–Trinajstić information content (AvgIpc) is 3.21. The van der Waals surface area contributed by atoms with Crippen molar-refractivity contribution in [3.8, 4) is 0 Å². The van der Waals surface area contributed by atoms with Gasteiger partial charge in [0, 0.05) is 25.0 Å². The molecule has 1 saturated carbocycles. The largest absolute Gasteiger partial charge is 0.335 e. The molecule has 1 aromatic rings. The highest BCUT2D eigenvalue weighted by molar-refractivity contribution is 5.78. The maximum atomic E-state index is 12.2. The summed E-state index contributed by atoms with van der Waals surface area (Å²) < 4.78 is 0. The lowest BCUT2D eigenvalue weighted by molar-refractivity contribution is -0.132. The molecule has 104 valence electrons. The summed E-state index contributed by atoms with van der Waals surface area (Å²) in [5.41, 5.74) is 1.08. The summed E-state index contributed by atoms with van der Waals surface area (Å²) in [6.45, 7) is 6.15. The minimum Gasteiger partial charge on any atom is -0.335 e. The Bertz CT molecular complexity index is 401. The maximum Gasteiger partial charge on any atom is 0.237 e. The van der Waals surface area contributed by atoms with E-state index in [4.69, 9.17) is 0 Å². The standard InChI is InChI=1S/C15H23N3O/c1-12(2)18(11-14-4-3-7-16-9-14)15(19)10-17-8-13-5-6-13/h3-4,7,9,12-13,17H,5-6,8,10-11H2,1-2H3. The Hall–Kier alpha value is -1.42. The number of pyridine rings is 1. The number of hydrogen-bond donors (Lipinski definition) is 1. The molecule has 0 radical (unpaired) electrons. The lowest BCUT2D eigenvalue weighted by atomic mass is 10.2. The smallest absolute Gasteiger partial charge is 0.237 e. The van der Waals surface area contributed by atoms with Gasteiger partial charge in [0.1, 0.15) is 0 Å². The molecule has 1 amide bonds. The van der Waals surface area contributed by atoms with Gasteiger partial charge in [-0.05, 0) is 50.8 Å². The Kier molecular flexibility index (Phi) is 4.91. The minimum absolute atomic E-state index is 0.166. The van der Waals surface area contributed by atoms with Crippen LogP contribution in [0.1, 0.15) is 32.3 Å². The van der Waals surface area contributed by atoms with Crippen molar-refractivity contribution in [3.63, 3.8) is 0 Å². The summed E-state index contributed by atoms with van der Waals surface area (Å²) in [4.78, 5) is 18.2. The van der Waals surface area contributed by atoms with Gasteiger partial charge < -0.3 is 10.2 Å². The number of carbonyl (C=O) groups excluding carboxylic acids is 1. The van der Waals surface area contributed by atoms with Crippen molar-refractivity contribution >= 4 is 5.91 Å². The van der Waals surface area contributed by atoms with Gasteiger partial charge in [-0.2, -0.15) is 0 Å². The Balaban J connectivity index is 1.85. The first-order chi connectivity index (χ1) is 9.16. The Labute approximate surface area is 115 Å². The van der Waals surface area contributed by atoms with Gasteiger partial charge >= 0.3 is 0 Å². The second-order valence-electron chi connectivity index (χ2n) is 5.55. The molecule has 1 aliphatic rings. The lowest BCUT2D eigenvalue weighted by Crippen LogP contribution is -2.42. The number of carbonyl (C=O) groups is 1. The van der Waals surface area contributed by atoms with Crippen LogP contribution in [0.15, 0.2) is 24.5 Å². The molecular formula is C15H23N3O. The molecular weight excluding hydrogens is 238 g/mol. The van der Waals surface area contributed by atoms with E-state index in [0.29, 0.717) is 13.1 Å². The highest BCUT2D eigenvalue weighted by atomic mass is 16.2. The van der Waals surface area contributed by atoms with E-state index in [1.807, 2.05) is 23.2 Å². The normalized spacial score (nSPS) is 14.7. The molecule has 0 atom stereocenters. The van der Waals surface area contributed by atoms with Crippen LogP contribution >= 0.6 is 0 Å². The molecule has 2 rings (SSSR count). The Morgan fingerprint density at radius 1 is 1.53 bits per heavy atom. The van der Waals surface area contributed by atoms with E-state index < -0.39 is 0 Å². The van der Waals surface area contributed by atoms with E-state index in [9.17, 15) is 4.79 Å². The van der Waals surface area contributed by atoms with Crippen molar-refractivity contribution in [1.82, 2.24) is 15.2 Å². The van der Waals surface area contributed by atoms with E-state index in [-0.39, 0.29) is 11.9 Å². The molecule has 0 aliphatic heterocycles. The maximum absolute atomic E-state index is 12.2. The second-order valence-corrected chi connectivity index (χ2v) is 5.55. The van der Waals surface area contributed by atoms with Gasteiger partial charge in [-0.3, -0.25) is 9.78 Å². The molecule has 1 heterocycles. The molecule has 0 saturated heterocycles. The van der Waals surface area contributed by atoms with Crippen LogP contribution in [-0.4, -0.2) is 34.9 Å². The molecule has 4 nitrogen and oxygen atoms in total. The summed E-state index contributed by atoms with van der Waals surface area (Å²) in [5.74, 6) is 0.970. The van der Waals surface area contributed by atoms with Gasteiger partial charge in [0.15, 0.2) is 0 Å². The molecule has 0 bridgehead atoms. The molecule has 0 unspecified atom stereocenters. The van der Waals surface area contributed by atoms with Crippen LogP contribution < -0.4 is 5.32 Å². The number of hydrogen-bond acceptors (Lipinski definition) is 3. The fourth-order valence-corrected chi connectivity index (χ4v) is 2.05. The van der Waals surface area contributed by atoms with Gasteiger partial charge in [0.25, 0.3) is 0 Å². The first-order valence-electron chi connectivity index (χ1n) is 7.06. The Morgan fingerprint density at radius 2 is 2.32 bits per heavy atom. The molecule has 19 heavy (non-hydrogen) atoms. The molecule has 1 N–H and O–H groups in total. The van der Waals surface area contributed by atoms with Crippen LogP contribution in [0.4, 0.5) is 0 Å². The van der Waals surface area contributed by atoms with E-state index in [1.165, 1.54) is 12.8 Å². The summed E-state index contributed by atoms with van der Waals surface area (Å²) in [6, 6.07) is 4.12. The molecule has 0 spiro atoms. The zero-order chi connectivity index (χ0) is 13.7. The van der Waals surface area contributed by atoms with Gasteiger partial charge in [-0.1, -0.05) is 6.07 Å². The fourth-order valence-electron chi connectivity index (χ4n) is 2.05. The summed E-state index contributed by atoms with van der Waals surface area (Å²) in [5, 5.41) is 3.26. The van der Waals surface area contributed by atoms with Crippen LogP contribution in [0.3, 0.4) is 0 Å². The quantitative estimate of drug-likeness (QED) is 0.814. The summed E-state index contributed by atoms with van der Waals surface area (Å²) >= 11 is 0. The number of nitrogens with zero attached hydrogens (tertiary/aromatic N) is 2. The van der Waals surface area contributed by atoms with Crippen molar-refractivity contribution in [1.29, 1.82) is 0 Å². The predicted molar refractivity (Wildman–Crippen MR) is 75.5 cm³/mol. The average molecular weight is 261 g/mol. The van der Waals surface area contributed by atoms with Crippen molar-refractivity contribution in [2.45, 2.75) is 39.3 Å². The topological polar surface area (TPSA) is 45.2 Å². The summed E-state index contributed by atoms with van der Waals surface area (Å²) in [6.07, 6.45) is 6.19. The van der Waals surface area contributed by atoms with Crippen LogP contribution in [0.2, 0.25) is 0 Å². The third-order valence-electron chi connectivity index (χ3n) is 3.43. The van der Waals surface area contributed by atoms with E-state index in [0.717, 1.165) is 18.0 Å².